The average molecular weight is 380 g/mol. The number of benzene rings is 1. The maximum atomic E-state index is 12.5. The molecule has 1 aliphatic rings. The van der Waals surface area contributed by atoms with Crippen molar-refractivity contribution in [3.05, 3.63) is 48.4 Å². The van der Waals surface area contributed by atoms with E-state index in [1.807, 2.05) is 40.8 Å². The Morgan fingerprint density at radius 2 is 2.00 bits per heavy atom. The Morgan fingerprint density at radius 1 is 1.21 bits per heavy atom. The number of imidazole rings is 1. The van der Waals surface area contributed by atoms with Crippen molar-refractivity contribution in [3.8, 4) is 11.5 Å². The van der Waals surface area contributed by atoms with Gasteiger partial charge < -0.3 is 18.9 Å². The van der Waals surface area contributed by atoms with Gasteiger partial charge >= 0.3 is 0 Å². The fourth-order valence-corrected chi connectivity index (χ4v) is 3.65. The number of amides is 1. The fraction of sp³-hybridized carbons (Fsp3) is 0.381. The zero-order chi connectivity index (χ0) is 19.5. The van der Waals surface area contributed by atoms with E-state index >= 15 is 0 Å². The summed E-state index contributed by atoms with van der Waals surface area (Å²) in [7, 11) is 3.62. The topological polar surface area (TPSA) is 69.5 Å². The number of pyridine rings is 1. The molecule has 3 heterocycles. The van der Waals surface area contributed by atoms with Gasteiger partial charge in [0.15, 0.2) is 12.3 Å². The van der Waals surface area contributed by atoms with Crippen molar-refractivity contribution >= 4 is 17.1 Å². The highest BCUT2D eigenvalue weighted by atomic mass is 16.5. The highest BCUT2D eigenvalue weighted by Crippen LogP contribution is 2.23. The monoisotopic (exact) mass is 380 g/mol. The Morgan fingerprint density at radius 3 is 2.75 bits per heavy atom. The van der Waals surface area contributed by atoms with Gasteiger partial charge in [-0.05, 0) is 48.7 Å². The maximum Gasteiger partial charge on any atom is 0.260 e. The first-order chi connectivity index (χ1) is 13.6. The van der Waals surface area contributed by atoms with Crippen molar-refractivity contribution in [3.63, 3.8) is 0 Å². The zero-order valence-electron chi connectivity index (χ0n) is 16.2. The number of aryl methyl sites for hydroxylation is 1. The van der Waals surface area contributed by atoms with Gasteiger partial charge in [0.1, 0.15) is 22.8 Å². The lowest BCUT2D eigenvalue weighted by Crippen LogP contribution is -2.33. The number of rotatable bonds is 6. The number of carbonyl (C=O) groups is 1. The summed E-state index contributed by atoms with van der Waals surface area (Å²) in [6, 6.07) is 11.1. The van der Waals surface area contributed by atoms with E-state index < -0.39 is 0 Å². The van der Waals surface area contributed by atoms with Gasteiger partial charge in [-0.3, -0.25) is 4.79 Å². The Labute approximate surface area is 163 Å². The fourth-order valence-electron chi connectivity index (χ4n) is 3.65. The van der Waals surface area contributed by atoms with Gasteiger partial charge in [0.25, 0.3) is 5.91 Å². The molecule has 0 spiro atoms. The highest BCUT2D eigenvalue weighted by molar-refractivity contribution is 5.78. The van der Waals surface area contributed by atoms with E-state index in [-0.39, 0.29) is 12.5 Å². The number of hydrogen-bond donors (Lipinski definition) is 0. The normalized spacial score (nSPS) is 16.5. The lowest BCUT2D eigenvalue weighted by molar-refractivity contribution is -0.132. The van der Waals surface area contributed by atoms with Crippen molar-refractivity contribution < 1.29 is 14.3 Å². The molecule has 146 valence electrons. The molecule has 0 radical (unpaired) electrons. The van der Waals surface area contributed by atoms with Gasteiger partial charge in [0, 0.05) is 32.8 Å². The first-order valence-corrected chi connectivity index (χ1v) is 9.45. The van der Waals surface area contributed by atoms with Crippen LogP contribution < -0.4 is 9.47 Å². The third-order valence-electron chi connectivity index (χ3n) is 5.25. The summed E-state index contributed by atoms with van der Waals surface area (Å²) in [6.45, 7) is 1.55. The molecule has 1 fully saturated rings. The number of fused-ring (bicyclic) bond motifs is 1. The Bertz CT molecular complexity index is 967. The van der Waals surface area contributed by atoms with E-state index in [2.05, 4.69) is 4.98 Å². The van der Waals surface area contributed by atoms with Crippen LogP contribution >= 0.6 is 0 Å². The van der Waals surface area contributed by atoms with Crippen LogP contribution in [0.1, 0.15) is 12.2 Å². The van der Waals surface area contributed by atoms with Gasteiger partial charge in [-0.2, -0.15) is 0 Å². The van der Waals surface area contributed by atoms with Crippen LogP contribution in [0.3, 0.4) is 0 Å². The summed E-state index contributed by atoms with van der Waals surface area (Å²) in [5.74, 6) is 2.86. The van der Waals surface area contributed by atoms with E-state index in [1.165, 1.54) is 0 Å². The van der Waals surface area contributed by atoms with Gasteiger partial charge in [0.2, 0.25) is 0 Å². The minimum atomic E-state index is 0.0185. The smallest absolute Gasteiger partial charge is 0.260 e. The molecule has 1 atom stereocenters. The number of carbonyl (C=O) groups excluding carboxylic acids is 1. The van der Waals surface area contributed by atoms with Gasteiger partial charge in [0.05, 0.1) is 7.11 Å². The summed E-state index contributed by atoms with van der Waals surface area (Å²) in [5, 5.41) is 0. The van der Waals surface area contributed by atoms with Crippen LogP contribution in [-0.4, -0.2) is 52.1 Å². The van der Waals surface area contributed by atoms with Crippen LogP contribution in [0.5, 0.6) is 11.5 Å². The Hall–Kier alpha value is -3.09. The van der Waals surface area contributed by atoms with E-state index in [1.54, 1.807) is 25.4 Å². The molecule has 0 N–H and O–H groups in total. The molecule has 1 amide bonds. The molecular weight excluding hydrogens is 356 g/mol. The lowest BCUT2D eigenvalue weighted by Gasteiger charge is -2.17. The summed E-state index contributed by atoms with van der Waals surface area (Å²) in [5.41, 5.74) is 1.81. The average Bonchev–Trinajstić information content (AvgIpc) is 3.32. The molecule has 1 aromatic carbocycles. The number of methoxy groups -OCH3 is 1. The molecular formula is C21H24N4O3. The van der Waals surface area contributed by atoms with E-state index in [0.717, 1.165) is 48.7 Å². The molecule has 0 bridgehead atoms. The van der Waals surface area contributed by atoms with Crippen molar-refractivity contribution in [2.75, 3.05) is 26.8 Å². The van der Waals surface area contributed by atoms with E-state index in [4.69, 9.17) is 14.5 Å². The first-order valence-electron chi connectivity index (χ1n) is 9.45. The van der Waals surface area contributed by atoms with Crippen LogP contribution in [-0.2, 0) is 18.3 Å². The second-order valence-electron chi connectivity index (χ2n) is 7.10. The predicted octanol–water partition coefficient (Wildman–Crippen LogP) is 2.45. The molecule has 28 heavy (non-hydrogen) atoms. The van der Waals surface area contributed by atoms with Crippen LogP contribution in [0.15, 0.2) is 42.6 Å². The molecule has 1 aliphatic heterocycles. The van der Waals surface area contributed by atoms with Crippen LogP contribution in [0.2, 0.25) is 0 Å². The van der Waals surface area contributed by atoms with E-state index in [9.17, 15) is 4.79 Å². The number of aromatic nitrogens is 3. The van der Waals surface area contributed by atoms with Crippen molar-refractivity contribution in [2.45, 2.75) is 12.8 Å². The van der Waals surface area contributed by atoms with Crippen LogP contribution in [0.4, 0.5) is 0 Å². The minimum absolute atomic E-state index is 0.0185. The summed E-state index contributed by atoms with van der Waals surface area (Å²) in [4.78, 5) is 23.5. The summed E-state index contributed by atoms with van der Waals surface area (Å²) in [6.07, 6.45) is 3.60. The second-order valence-corrected chi connectivity index (χ2v) is 7.10. The van der Waals surface area contributed by atoms with Crippen LogP contribution in [0, 0.1) is 5.92 Å². The number of ether oxygens (including phenoxy) is 2. The van der Waals surface area contributed by atoms with Crippen LogP contribution in [0.25, 0.3) is 11.2 Å². The number of nitrogens with zero attached hydrogens (tertiary/aromatic N) is 4. The molecule has 3 aromatic rings. The molecule has 0 aliphatic carbocycles. The quantitative estimate of drug-likeness (QED) is 0.657. The van der Waals surface area contributed by atoms with Gasteiger partial charge in [-0.1, -0.05) is 0 Å². The molecule has 7 heteroatoms. The van der Waals surface area contributed by atoms with Crippen molar-refractivity contribution in [2.24, 2.45) is 13.0 Å². The third kappa shape index (κ3) is 3.78. The largest absolute Gasteiger partial charge is 0.497 e. The first kappa shape index (κ1) is 18.3. The highest BCUT2D eigenvalue weighted by Gasteiger charge is 2.27. The molecule has 1 saturated heterocycles. The lowest BCUT2D eigenvalue weighted by atomic mass is 10.0. The standard InChI is InChI=1S/C21H24N4O3/c1-24-19(23-18-4-3-10-22-21(18)24)12-15-9-11-25(13-15)20(26)14-28-17-7-5-16(27-2)6-8-17/h3-8,10,15H,9,11-14H2,1-2H3. The molecule has 4 rings (SSSR count). The van der Waals surface area contributed by atoms with Crippen molar-refractivity contribution in [1.29, 1.82) is 0 Å². The minimum Gasteiger partial charge on any atom is -0.497 e. The predicted molar refractivity (Wildman–Crippen MR) is 105 cm³/mol. The Balaban J connectivity index is 1.31. The van der Waals surface area contributed by atoms with Gasteiger partial charge in [-0.25, -0.2) is 9.97 Å². The number of hydrogen-bond acceptors (Lipinski definition) is 5. The van der Waals surface area contributed by atoms with Gasteiger partial charge in [-0.15, -0.1) is 0 Å². The van der Waals surface area contributed by atoms with E-state index in [0.29, 0.717) is 11.7 Å². The Kier molecular flexibility index (Phi) is 5.14. The molecule has 2 aromatic heterocycles. The maximum absolute atomic E-state index is 12.5. The summed E-state index contributed by atoms with van der Waals surface area (Å²) >= 11 is 0. The SMILES string of the molecule is COc1ccc(OCC(=O)N2CCC(Cc3nc4cccnc4n3C)C2)cc1. The number of likely N-dealkylation sites (tertiary alicyclic amines) is 1. The molecule has 1 unspecified atom stereocenters. The second kappa shape index (κ2) is 7.88. The zero-order valence-corrected chi connectivity index (χ0v) is 16.2. The summed E-state index contributed by atoms with van der Waals surface area (Å²) < 4.78 is 12.8. The third-order valence-corrected chi connectivity index (χ3v) is 5.25. The van der Waals surface area contributed by atoms with Crippen molar-refractivity contribution in [1.82, 2.24) is 19.4 Å². The molecule has 0 saturated carbocycles. The molecule has 7 nitrogen and oxygen atoms in total.